The second kappa shape index (κ2) is 6.78. The molecular weight excluding hydrogens is 386 g/mol. The number of aromatic nitrogens is 2. The molecule has 1 heterocycles. The monoisotopic (exact) mass is 399 g/mol. The summed E-state index contributed by atoms with van der Waals surface area (Å²) < 4.78 is 76.2. The Labute approximate surface area is 152 Å². The van der Waals surface area contributed by atoms with Gasteiger partial charge in [0.2, 0.25) is 10.0 Å². The molecule has 0 fully saturated rings. The number of nitrogens with two attached hydrogens (primary N) is 1. The minimum absolute atomic E-state index is 0.00683. The molecule has 0 amide bonds. The predicted molar refractivity (Wildman–Crippen MR) is 89.5 cm³/mol. The Morgan fingerprint density at radius 1 is 1.00 bits per heavy atom. The van der Waals surface area contributed by atoms with Gasteiger partial charge in [0, 0.05) is 18.3 Å². The van der Waals surface area contributed by atoms with Crippen molar-refractivity contribution in [2.75, 3.05) is 0 Å². The van der Waals surface area contributed by atoms with E-state index in [1.165, 1.54) is 53.1 Å². The summed E-state index contributed by atoms with van der Waals surface area (Å²) in [6, 6.07) is 10.3. The van der Waals surface area contributed by atoms with E-state index in [4.69, 9.17) is 5.14 Å². The second-order valence-electron chi connectivity index (χ2n) is 5.77. The van der Waals surface area contributed by atoms with E-state index in [1.807, 2.05) is 0 Å². The van der Waals surface area contributed by atoms with Crippen molar-refractivity contribution in [3.8, 4) is 11.4 Å². The van der Waals surface area contributed by atoms with Crippen LogP contribution in [0.15, 0.2) is 59.6 Å². The van der Waals surface area contributed by atoms with Gasteiger partial charge in [-0.3, -0.25) is 0 Å². The van der Waals surface area contributed by atoms with Crippen molar-refractivity contribution in [3.63, 3.8) is 0 Å². The lowest BCUT2D eigenvalue weighted by atomic mass is 10.2. The van der Waals surface area contributed by atoms with E-state index in [1.54, 1.807) is 0 Å². The fourth-order valence-electron chi connectivity index (χ4n) is 2.48. The zero-order valence-electron chi connectivity index (χ0n) is 13.6. The lowest BCUT2D eigenvalue weighted by Gasteiger charge is -2.08. The summed E-state index contributed by atoms with van der Waals surface area (Å²) in [6.45, 7) is 0.0234. The number of benzene rings is 2. The number of hydrogen-bond acceptors (Lipinski definition) is 3. The van der Waals surface area contributed by atoms with Crippen LogP contribution >= 0.6 is 0 Å². The standard InChI is InChI=1S/C17H13F4N3O2S/c18-13-5-1-11(2-6-13)9-24-10-15(17(19,20)21)23-16(24)12-3-7-14(8-4-12)27(22,25)26/h1-8,10H,9H2,(H2,22,25,26). The number of halogens is 4. The number of primary sulfonamides is 1. The van der Waals surface area contributed by atoms with Crippen molar-refractivity contribution >= 4 is 10.0 Å². The minimum atomic E-state index is -4.65. The van der Waals surface area contributed by atoms with Crippen molar-refractivity contribution in [1.82, 2.24) is 9.55 Å². The molecule has 1 aromatic heterocycles. The molecule has 2 N–H and O–H groups in total. The first-order chi connectivity index (χ1) is 12.5. The van der Waals surface area contributed by atoms with Crippen molar-refractivity contribution in [2.45, 2.75) is 17.6 Å². The number of rotatable bonds is 4. The Morgan fingerprint density at radius 3 is 2.11 bits per heavy atom. The molecule has 0 unspecified atom stereocenters. The van der Waals surface area contributed by atoms with Gasteiger partial charge in [-0.05, 0) is 42.0 Å². The van der Waals surface area contributed by atoms with Crippen LogP contribution in [0.1, 0.15) is 11.3 Å². The van der Waals surface area contributed by atoms with Crippen LogP contribution in [-0.2, 0) is 22.7 Å². The molecule has 0 aliphatic carbocycles. The first-order valence-electron chi connectivity index (χ1n) is 7.56. The van der Waals surface area contributed by atoms with E-state index < -0.39 is 27.7 Å². The zero-order chi connectivity index (χ0) is 19.8. The molecule has 27 heavy (non-hydrogen) atoms. The summed E-state index contributed by atoms with van der Waals surface area (Å²) in [7, 11) is -3.93. The largest absolute Gasteiger partial charge is 0.434 e. The van der Waals surface area contributed by atoms with Gasteiger partial charge >= 0.3 is 6.18 Å². The Morgan fingerprint density at radius 2 is 1.59 bits per heavy atom. The lowest BCUT2D eigenvalue weighted by molar-refractivity contribution is -0.140. The predicted octanol–water partition coefficient (Wildman–Crippen LogP) is 3.40. The molecule has 3 aromatic rings. The van der Waals surface area contributed by atoms with Gasteiger partial charge in [0.05, 0.1) is 4.90 Å². The van der Waals surface area contributed by atoms with Crippen molar-refractivity contribution in [2.24, 2.45) is 5.14 Å². The van der Waals surface area contributed by atoms with Crippen molar-refractivity contribution in [1.29, 1.82) is 0 Å². The average Bonchev–Trinajstić information content (AvgIpc) is 3.00. The molecule has 2 aromatic carbocycles. The number of alkyl halides is 3. The minimum Gasteiger partial charge on any atom is -0.326 e. The summed E-state index contributed by atoms with van der Waals surface area (Å²) in [5.74, 6) is -0.466. The van der Waals surface area contributed by atoms with Crippen LogP contribution in [0.2, 0.25) is 0 Å². The third-order valence-electron chi connectivity index (χ3n) is 3.77. The number of sulfonamides is 1. The Balaban J connectivity index is 2.05. The maximum absolute atomic E-state index is 13.1. The first-order valence-corrected chi connectivity index (χ1v) is 9.11. The number of nitrogens with zero attached hydrogens (tertiary/aromatic N) is 2. The summed E-state index contributed by atoms with van der Waals surface area (Å²) in [4.78, 5) is 3.47. The van der Waals surface area contributed by atoms with Gasteiger partial charge in [0.15, 0.2) is 5.69 Å². The molecule has 0 radical (unpaired) electrons. The van der Waals surface area contributed by atoms with Crippen LogP contribution in [-0.4, -0.2) is 18.0 Å². The molecular formula is C17H13F4N3O2S. The lowest BCUT2D eigenvalue weighted by Crippen LogP contribution is -2.11. The Kier molecular flexibility index (Phi) is 4.79. The van der Waals surface area contributed by atoms with Crippen LogP contribution in [0, 0.1) is 5.82 Å². The Hall–Kier alpha value is -2.72. The molecule has 0 atom stereocenters. The van der Waals surface area contributed by atoms with Gasteiger partial charge in [0.25, 0.3) is 0 Å². The van der Waals surface area contributed by atoms with Crippen molar-refractivity contribution < 1.29 is 26.0 Å². The van der Waals surface area contributed by atoms with Crippen LogP contribution in [0.3, 0.4) is 0 Å². The van der Waals surface area contributed by atoms with E-state index in [2.05, 4.69) is 4.98 Å². The van der Waals surface area contributed by atoms with Gasteiger partial charge < -0.3 is 4.57 Å². The molecule has 5 nitrogen and oxygen atoms in total. The summed E-state index contributed by atoms with van der Waals surface area (Å²) in [5, 5.41) is 5.02. The molecule has 0 saturated heterocycles. The fourth-order valence-corrected chi connectivity index (χ4v) is 3.00. The van der Waals surface area contributed by atoms with Crippen LogP contribution in [0.25, 0.3) is 11.4 Å². The van der Waals surface area contributed by atoms with E-state index >= 15 is 0 Å². The van der Waals surface area contributed by atoms with Gasteiger partial charge in [-0.1, -0.05) is 12.1 Å². The third-order valence-corrected chi connectivity index (χ3v) is 4.70. The smallest absolute Gasteiger partial charge is 0.326 e. The van der Waals surface area contributed by atoms with E-state index in [-0.39, 0.29) is 22.8 Å². The topological polar surface area (TPSA) is 78.0 Å². The molecule has 0 saturated carbocycles. The molecule has 142 valence electrons. The highest BCUT2D eigenvalue weighted by molar-refractivity contribution is 7.89. The molecule has 0 bridgehead atoms. The van der Waals surface area contributed by atoms with Crippen LogP contribution in [0.5, 0.6) is 0 Å². The summed E-state index contributed by atoms with van der Waals surface area (Å²) >= 11 is 0. The van der Waals surface area contributed by atoms with E-state index in [0.29, 0.717) is 5.56 Å². The normalized spacial score (nSPS) is 12.3. The summed E-state index contributed by atoms with van der Waals surface area (Å²) in [6.07, 6.45) is -3.80. The van der Waals surface area contributed by atoms with Gasteiger partial charge in [-0.25, -0.2) is 22.9 Å². The third kappa shape index (κ3) is 4.34. The van der Waals surface area contributed by atoms with Gasteiger partial charge in [-0.15, -0.1) is 0 Å². The maximum atomic E-state index is 13.1. The highest BCUT2D eigenvalue weighted by Gasteiger charge is 2.35. The quantitative estimate of drug-likeness (QED) is 0.683. The van der Waals surface area contributed by atoms with Gasteiger partial charge in [-0.2, -0.15) is 13.2 Å². The highest BCUT2D eigenvalue weighted by atomic mass is 32.2. The van der Waals surface area contributed by atoms with Crippen molar-refractivity contribution in [3.05, 3.63) is 71.8 Å². The number of hydrogen-bond donors (Lipinski definition) is 1. The molecule has 0 spiro atoms. The van der Waals surface area contributed by atoms with E-state index in [9.17, 15) is 26.0 Å². The molecule has 0 aliphatic rings. The molecule has 10 heteroatoms. The first kappa shape index (κ1) is 19.1. The Bertz CT molecular complexity index is 1060. The van der Waals surface area contributed by atoms with Gasteiger partial charge in [0.1, 0.15) is 11.6 Å². The highest BCUT2D eigenvalue weighted by Crippen LogP contribution is 2.31. The summed E-state index contributed by atoms with van der Waals surface area (Å²) in [5.41, 5.74) is -0.236. The van der Waals surface area contributed by atoms with E-state index in [0.717, 1.165) is 6.20 Å². The maximum Gasteiger partial charge on any atom is 0.434 e. The molecule has 3 rings (SSSR count). The second-order valence-corrected chi connectivity index (χ2v) is 7.33. The average molecular weight is 399 g/mol. The zero-order valence-corrected chi connectivity index (χ0v) is 14.4. The molecule has 0 aliphatic heterocycles. The SMILES string of the molecule is NS(=O)(=O)c1ccc(-c2nc(C(F)(F)F)cn2Cc2ccc(F)cc2)cc1. The number of imidazole rings is 1. The fraction of sp³-hybridized carbons (Fsp3) is 0.118. The van der Waals surface area contributed by atoms with Crippen LogP contribution < -0.4 is 5.14 Å². The van der Waals surface area contributed by atoms with Crippen LogP contribution in [0.4, 0.5) is 17.6 Å².